The molecule has 1 aliphatic heterocycles. The summed E-state index contributed by atoms with van der Waals surface area (Å²) >= 11 is 2.79. The third kappa shape index (κ3) is 2.08. The van der Waals surface area contributed by atoms with E-state index in [2.05, 4.69) is 20.9 Å². The van der Waals surface area contributed by atoms with Crippen LogP contribution in [0.2, 0.25) is 0 Å². The van der Waals surface area contributed by atoms with E-state index in [0.717, 1.165) is 0 Å². The van der Waals surface area contributed by atoms with E-state index in [4.69, 9.17) is 20.6 Å². The topological polar surface area (TPSA) is 16.1 Å². The van der Waals surface area contributed by atoms with Crippen molar-refractivity contribution in [1.29, 1.82) is 0 Å². The molecule has 3 heteroatoms. The van der Waals surface area contributed by atoms with Crippen molar-refractivity contribution in [3.05, 3.63) is 22.9 Å². The van der Waals surface area contributed by atoms with Gasteiger partial charge in [0.05, 0.1) is 5.48 Å². The molecule has 0 amide bonds. The number of piperidine rings is 1. The van der Waals surface area contributed by atoms with E-state index in [1.165, 1.54) is 0 Å². The van der Waals surface area contributed by atoms with Crippen molar-refractivity contribution in [2.24, 2.45) is 0 Å². The van der Waals surface area contributed by atoms with Gasteiger partial charge in [-0.15, -0.1) is 0 Å². The van der Waals surface area contributed by atoms with Gasteiger partial charge in [0, 0.05) is 39.5 Å². The van der Waals surface area contributed by atoms with Gasteiger partial charge >= 0.3 is 0 Å². The number of hydrogen-bond acceptors (Lipinski definition) is 2. The zero-order valence-corrected chi connectivity index (χ0v) is 8.36. The molecule has 2 heterocycles. The maximum Gasteiger partial charge on any atom is 0.108 e. The fraction of sp³-hybridized carbons (Fsp3) is 0.545. The van der Waals surface area contributed by atoms with E-state index in [1.54, 1.807) is 0 Å². The number of pyridine rings is 1. The lowest BCUT2D eigenvalue weighted by Crippen LogP contribution is -2.37. The predicted molar refractivity (Wildman–Crippen MR) is 62.6 cm³/mol. The Kier molecular flexibility index (Phi) is 0.736. The van der Waals surface area contributed by atoms with Gasteiger partial charge in [-0.2, -0.15) is 0 Å². The van der Waals surface area contributed by atoms with Gasteiger partial charge in [-0.3, -0.25) is 0 Å². The number of halogens is 1. The normalized spacial score (nSPS) is 58.6. The van der Waals surface area contributed by atoms with Gasteiger partial charge in [0.15, 0.2) is 0 Å². The standard InChI is InChI=1S/C11H15BrN2/c1-9-4-2-3-7-14(9)10-5-6-13-11(12)8-10/h5-6,8-9H,2-4,7H2,1H3/i1D3,2D2,3D2,4D2,5D,6D,7D2,8D,9D. The first kappa shape index (κ1) is 2.40. The SMILES string of the molecule is [2H]c1nc(Br)c([2H])c(N2C([2H])([2H])C([2H])([2H])C([2H])([2H])C([2H])([2H])C2([2H])C([2H])([2H])[2H])c1[2H]. The van der Waals surface area contributed by atoms with Gasteiger partial charge in [-0.25, -0.2) is 4.98 Å². The molecule has 14 heavy (non-hydrogen) atoms. The van der Waals surface area contributed by atoms with Crippen molar-refractivity contribution in [3.63, 3.8) is 0 Å². The highest BCUT2D eigenvalue weighted by molar-refractivity contribution is 9.10. The average Bonchev–Trinajstić information content (AvgIpc) is 2.53. The minimum atomic E-state index is -3.86. The Morgan fingerprint density at radius 3 is 3.64 bits per heavy atom. The van der Waals surface area contributed by atoms with E-state index in [9.17, 15) is 0 Å². The Balaban J connectivity index is 3.14. The van der Waals surface area contributed by atoms with Gasteiger partial charge in [0.1, 0.15) is 4.60 Å². The Hall–Kier alpha value is -0.570. The van der Waals surface area contributed by atoms with Crippen LogP contribution in [0.25, 0.3) is 0 Å². The Morgan fingerprint density at radius 1 is 1.86 bits per heavy atom. The van der Waals surface area contributed by atoms with Crippen LogP contribution in [-0.2, 0) is 0 Å². The van der Waals surface area contributed by atoms with E-state index >= 15 is 0 Å². The molecule has 1 aromatic heterocycles. The molecule has 0 spiro atoms. The highest BCUT2D eigenvalue weighted by atomic mass is 79.9. The van der Waals surface area contributed by atoms with E-state index < -0.39 is 67.0 Å². The maximum absolute atomic E-state index is 8.47. The molecule has 0 N–H and O–H groups in total. The molecule has 0 aromatic carbocycles. The second kappa shape index (κ2) is 4.30. The number of rotatable bonds is 1. The summed E-state index contributed by atoms with van der Waals surface area (Å²) in [6.07, 6.45) is -12.3. The van der Waals surface area contributed by atoms with Gasteiger partial charge in [-0.1, -0.05) is 0 Å². The third-order valence-electron chi connectivity index (χ3n) is 1.41. The summed E-state index contributed by atoms with van der Waals surface area (Å²) < 4.78 is 119. The van der Waals surface area contributed by atoms with Crippen molar-refractivity contribution >= 4 is 21.6 Å². The molecule has 0 radical (unpaired) electrons. The Labute approximate surface area is 115 Å². The molecule has 1 unspecified atom stereocenters. The molecule has 1 aromatic rings. The highest BCUT2D eigenvalue weighted by Gasteiger charge is 2.18. The molecule has 0 saturated carbocycles. The van der Waals surface area contributed by atoms with Crippen molar-refractivity contribution in [2.75, 3.05) is 11.4 Å². The first-order valence-corrected chi connectivity index (χ1v) is 4.35. The summed E-state index contributed by atoms with van der Waals surface area (Å²) in [5, 5.41) is 0. The second-order valence-corrected chi connectivity index (χ2v) is 3.03. The first-order chi connectivity index (χ1) is 12.6. The fourth-order valence-corrected chi connectivity index (χ4v) is 1.13. The summed E-state index contributed by atoms with van der Waals surface area (Å²) in [4.78, 5) is 3.24. The third-order valence-corrected chi connectivity index (χ3v) is 1.78. The number of anilines is 1. The van der Waals surface area contributed by atoms with Gasteiger partial charge in [0.2, 0.25) is 0 Å². The van der Waals surface area contributed by atoms with Crippen LogP contribution in [0.4, 0.5) is 5.69 Å². The lowest BCUT2D eigenvalue weighted by Gasteiger charge is -2.35. The summed E-state index contributed by atoms with van der Waals surface area (Å²) in [5.41, 5.74) is -1.07. The molecule has 1 aliphatic rings. The van der Waals surface area contributed by atoms with Crippen molar-refractivity contribution in [1.82, 2.24) is 4.98 Å². The summed E-state index contributed by atoms with van der Waals surface area (Å²) in [5.74, 6) is 0. The van der Waals surface area contributed by atoms with Crippen LogP contribution in [0.1, 0.15) is 46.5 Å². The minimum Gasteiger partial charge on any atom is -0.369 e. The summed E-state index contributed by atoms with van der Waals surface area (Å²) in [7, 11) is 0. The van der Waals surface area contributed by atoms with Crippen LogP contribution in [0.3, 0.4) is 0 Å². The molecule has 0 aliphatic carbocycles. The monoisotopic (exact) mass is 269 g/mol. The molecule has 1 fully saturated rings. The average molecular weight is 270 g/mol. The van der Waals surface area contributed by atoms with Crippen LogP contribution in [-0.4, -0.2) is 17.5 Å². The van der Waals surface area contributed by atoms with Crippen molar-refractivity contribution < 1.29 is 20.6 Å². The fourth-order valence-electron chi connectivity index (χ4n) is 0.853. The van der Waals surface area contributed by atoms with E-state index in [-0.39, 0.29) is 4.90 Å². The quantitative estimate of drug-likeness (QED) is 0.728. The van der Waals surface area contributed by atoms with E-state index in [0.29, 0.717) is 0 Å². The minimum absolute atomic E-state index is 0.247. The van der Waals surface area contributed by atoms with Crippen LogP contribution < -0.4 is 4.90 Å². The molecule has 2 rings (SSSR count). The number of nitrogens with zero attached hydrogens (tertiary/aromatic N) is 2. The molecular weight excluding hydrogens is 240 g/mol. The summed E-state index contributed by atoms with van der Waals surface area (Å²) in [6, 6.07) is -5.75. The zero-order chi connectivity index (χ0) is 23.2. The van der Waals surface area contributed by atoms with Crippen LogP contribution in [0.5, 0.6) is 0 Å². The number of hydrogen-bond donors (Lipinski definition) is 0. The van der Waals surface area contributed by atoms with Crippen LogP contribution >= 0.6 is 15.9 Å². The molecule has 1 atom stereocenters. The summed E-state index contributed by atoms with van der Waals surface area (Å²) in [6.45, 7) is -7.50. The van der Waals surface area contributed by atoms with Crippen LogP contribution in [0, 0.1) is 0 Å². The molecule has 76 valence electrons. The maximum atomic E-state index is 8.47. The Morgan fingerprint density at radius 2 is 2.79 bits per heavy atom. The first-order valence-electron chi connectivity index (χ1n) is 11.1. The molecule has 0 bridgehead atoms. The smallest absolute Gasteiger partial charge is 0.108 e. The highest BCUT2D eigenvalue weighted by Crippen LogP contribution is 2.25. The Bertz CT molecular complexity index is 823. The molecule has 2 nitrogen and oxygen atoms in total. The van der Waals surface area contributed by atoms with Gasteiger partial charge < -0.3 is 4.90 Å². The van der Waals surface area contributed by atoms with Crippen LogP contribution in [0.15, 0.2) is 22.9 Å². The predicted octanol–water partition coefficient (Wildman–Crippen LogP) is 3.22. The molecule has 1 saturated heterocycles. The lowest BCUT2D eigenvalue weighted by atomic mass is 10.0. The van der Waals surface area contributed by atoms with E-state index in [1.807, 2.05) is 0 Å². The number of aromatic nitrogens is 1. The lowest BCUT2D eigenvalue weighted by molar-refractivity contribution is 0.484. The second-order valence-electron chi connectivity index (χ2n) is 2.28. The van der Waals surface area contributed by atoms with Crippen molar-refractivity contribution in [2.45, 2.75) is 32.0 Å². The van der Waals surface area contributed by atoms with Gasteiger partial charge in [0.25, 0.3) is 0 Å². The largest absolute Gasteiger partial charge is 0.369 e. The van der Waals surface area contributed by atoms with Gasteiger partial charge in [-0.05, 0) is 54.0 Å². The van der Waals surface area contributed by atoms with Crippen molar-refractivity contribution in [3.8, 4) is 0 Å². The zero-order valence-electron chi connectivity index (χ0n) is 21.8. The molecular formula is C11H15BrN2.